The lowest BCUT2D eigenvalue weighted by molar-refractivity contribution is -0.117. The summed E-state index contributed by atoms with van der Waals surface area (Å²) in [7, 11) is 3.25. The first-order valence-corrected chi connectivity index (χ1v) is 7.56. The molecule has 0 radical (unpaired) electrons. The first kappa shape index (κ1) is 19.3. The fraction of sp³-hybridized carbons (Fsp3) is 0.500. The lowest BCUT2D eigenvalue weighted by Gasteiger charge is -2.25. The van der Waals surface area contributed by atoms with Crippen molar-refractivity contribution >= 4 is 30.1 Å². The third-order valence-electron chi connectivity index (χ3n) is 3.52. The van der Waals surface area contributed by atoms with Crippen molar-refractivity contribution in [1.29, 1.82) is 0 Å². The number of halogens is 1. The number of carbonyl (C=O) groups excluding carboxylic acids is 2. The molecule has 0 aliphatic carbocycles. The number of hydrogen-bond donors (Lipinski definition) is 1. The van der Waals surface area contributed by atoms with Crippen molar-refractivity contribution in [1.82, 2.24) is 9.80 Å². The van der Waals surface area contributed by atoms with Gasteiger partial charge in [-0.3, -0.25) is 9.69 Å². The Morgan fingerprint density at radius 3 is 2.30 bits per heavy atom. The smallest absolute Gasteiger partial charge is 0.410 e. The van der Waals surface area contributed by atoms with E-state index >= 15 is 0 Å². The second-order valence-electron chi connectivity index (χ2n) is 5.67. The Kier molecular flexibility index (Phi) is 7.85. The normalized spacial score (nSPS) is 14.5. The number of amides is 2. The Bertz CT molecular complexity index is 514. The van der Waals surface area contributed by atoms with Gasteiger partial charge in [-0.05, 0) is 50.2 Å². The van der Waals surface area contributed by atoms with E-state index in [1.54, 1.807) is 38.4 Å². The molecule has 7 heteroatoms. The van der Waals surface area contributed by atoms with Gasteiger partial charge in [0.15, 0.2) is 0 Å². The van der Waals surface area contributed by atoms with Crippen molar-refractivity contribution in [3.05, 3.63) is 24.3 Å². The Morgan fingerprint density at radius 2 is 1.74 bits per heavy atom. The van der Waals surface area contributed by atoms with Gasteiger partial charge in [0, 0.05) is 19.8 Å². The maximum atomic E-state index is 12.0. The molecule has 2 rings (SSSR count). The number of rotatable bonds is 4. The second kappa shape index (κ2) is 9.37. The van der Waals surface area contributed by atoms with Crippen LogP contribution in [0.2, 0.25) is 0 Å². The third kappa shape index (κ3) is 6.46. The SMILES string of the molecule is CN(C)C(=O)Oc1ccc(NC(=O)CN2CCCCC2)cc1.Cl. The van der Waals surface area contributed by atoms with E-state index < -0.39 is 6.09 Å². The summed E-state index contributed by atoms with van der Waals surface area (Å²) >= 11 is 0. The van der Waals surface area contributed by atoms with Crippen LogP contribution >= 0.6 is 12.4 Å². The van der Waals surface area contributed by atoms with Gasteiger partial charge in [0.05, 0.1) is 6.54 Å². The fourth-order valence-electron chi connectivity index (χ4n) is 2.32. The number of ether oxygens (including phenoxy) is 1. The van der Waals surface area contributed by atoms with Crippen LogP contribution in [0, 0.1) is 0 Å². The number of carbonyl (C=O) groups is 2. The van der Waals surface area contributed by atoms with Gasteiger partial charge in [0.1, 0.15) is 5.75 Å². The molecule has 1 aliphatic rings. The number of nitrogens with zero attached hydrogens (tertiary/aromatic N) is 2. The summed E-state index contributed by atoms with van der Waals surface area (Å²) in [6.45, 7) is 2.41. The largest absolute Gasteiger partial charge is 0.414 e. The van der Waals surface area contributed by atoms with Crippen LogP contribution < -0.4 is 10.1 Å². The Labute approximate surface area is 143 Å². The van der Waals surface area contributed by atoms with Crippen molar-refractivity contribution in [3.63, 3.8) is 0 Å². The average molecular weight is 342 g/mol. The van der Waals surface area contributed by atoms with Crippen molar-refractivity contribution in [3.8, 4) is 5.75 Å². The first-order valence-electron chi connectivity index (χ1n) is 7.56. The van der Waals surface area contributed by atoms with Gasteiger partial charge in [-0.1, -0.05) is 6.42 Å². The molecule has 0 saturated carbocycles. The minimum absolute atomic E-state index is 0. The fourth-order valence-corrected chi connectivity index (χ4v) is 2.32. The lowest BCUT2D eigenvalue weighted by atomic mass is 10.1. The summed E-state index contributed by atoms with van der Waals surface area (Å²) < 4.78 is 5.12. The van der Waals surface area contributed by atoms with Gasteiger partial charge < -0.3 is 15.0 Å². The van der Waals surface area contributed by atoms with Crippen LogP contribution in [-0.2, 0) is 4.79 Å². The molecule has 0 aromatic heterocycles. The van der Waals surface area contributed by atoms with Crippen molar-refractivity contribution in [2.75, 3.05) is 39.0 Å². The van der Waals surface area contributed by atoms with Crippen LogP contribution in [0.15, 0.2) is 24.3 Å². The van der Waals surface area contributed by atoms with Crippen LogP contribution in [0.4, 0.5) is 10.5 Å². The van der Waals surface area contributed by atoms with E-state index in [4.69, 9.17) is 4.74 Å². The highest BCUT2D eigenvalue weighted by atomic mass is 35.5. The highest BCUT2D eigenvalue weighted by Crippen LogP contribution is 2.16. The number of likely N-dealkylation sites (tertiary alicyclic amines) is 1. The Hall–Kier alpha value is -1.79. The molecular formula is C16H24ClN3O3. The van der Waals surface area contributed by atoms with Gasteiger partial charge in [-0.25, -0.2) is 4.79 Å². The van der Waals surface area contributed by atoms with E-state index in [1.807, 2.05) is 0 Å². The van der Waals surface area contributed by atoms with Gasteiger partial charge in [0.25, 0.3) is 0 Å². The number of piperidine rings is 1. The predicted octanol–water partition coefficient (Wildman–Crippen LogP) is 2.59. The Balaban J connectivity index is 0.00000264. The number of benzene rings is 1. The zero-order chi connectivity index (χ0) is 15.9. The maximum Gasteiger partial charge on any atom is 0.414 e. The van der Waals surface area contributed by atoms with Gasteiger partial charge in [-0.2, -0.15) is 0 Å². The van der Waals surface area contributed by atoms with Crippen LogP contribution in [0.3, 0.4) is 0 Å². The van der Waals surface area contributed by atoms with E-state index in [0.29, 0.717) is 18.0 Å². The molecule has 1 fully saturated rings. The molecule has 0 spiro atoms. The summed E-state index contributed by atoms with van der Waals surface area (Å²) in [5.41, 5.74) is 0.701. The second-order valence-corrected chi connectivity index (χ2v) is 5.67. The number of anilines is 1. The predicted molar refractivity (Wildman–Crippen MR) is 92.3 cm³/mol. The van der Waals surface area contributed by atoms with Crippen LogP contribution in [0.25, 0.3) is 0 Å². The van der Waals surface area contributed by atoms with Crippen LogP contribution in [0.5, 0.6) is 5.75 Å². The molecule has 2 amide bonds. The molecule has 0 unspecified atom stereocenters. The highest BCUT2D eigenvalue weighted by Gasteiger charge is 2.14. The maximum absolute atomic E-state index is 12.0. The number of nitrogens with one attached hydrogen (secondary N) is 1. The molecule has 0 atom stereocenters. The standard InChI is InChI=1S/C16H23N3O3.ClH/c1-18(2)16(21)22-14-8-6-13(7-9-14)17-15(20)12-19-10-4-3-5-11-19;/h6-9H,3-5,10-12H2,1-2H3,(H,17,20);1H. The molecule has 1 saturated heterocycles. The summed E-state index contributed by atoms with van der Waals surface area (Å²) in [4.78, 5) is 26.9. The Morgan fingerprint density at radius 1 is 1.13 bits per heavy atom. The van der Waals surface area contributed by atoms with E-state index in [0.717, 1.165) is 13.1 Å². The van der Waals surface area contributed by atoms with Gasteiger partial charge in [0.2, 0.25) is 5.91 Å². The van der Waals surface area contributed by atoms with Gasteiger partial charge >= 0.3 is 6.09 Å². The van der Waals surface area contributed by atoms with Gasteiger partial charge in [-0.15, -0.1) is 12.4 Å². The average Bonchev–Trinajstić information content (AvgIpc) is 2.50. The molecule has 0 bridgehead atoms. The quantitative estimate of drug-likeness (QED) is 0.914. The van der Waals surface area contributed by atoms with Crippen molar-refractivity contribution < 1.29 is 14.3 Å². The monoisotopic (exact) mass is 341 g/mol. The minimum atomic E-state index is -0.429. The molecule has 23 heavy (non-hydrogen) atoms. The van der Waals surface area contributed by atoms with Crippen LogP contribution in [0.1, 0.15) is 19.3 Å². The summed E-state index contributed by atoms with van der Waals surface area (Å²) in [5.74, 6) is 0.438. The molecule has 128 valence electrons. The highest BCUT2D eigenvalue weighted by molar-refractivity contribution is 5.92. The van der Waals surface area contributed by atoms with E-state index in [9.17, 15) is 9.59 Å². The topological polar surface area (TPSA) is 61.9 Å². The molecule has 6 nitrogen and oxygen atoms in total. The van der Waals surface area contributed by atoms with Crippen molar-refractivity contribution in [2.24, 2.45) is 0 Å². The molecule has 1 heterocycles. The summed E-state index contributed by atoms with van der Waals surface area (Å²) in [6, 6.07) is 6.79. The summed E-state index contributed by atoms with van der Waals surface area (Å²) in [5, 5.41) is 2.86. The van der Waals surface area contributed by atoms with E-state index in [-0.39, 0.29) is 18.3 Å². The minimum Gasteiger partial charge on any atom is -0.410 e. The molecule has 1 N–H and O–H groups in total. The summed E-state index contributed by atoms with van der Waals surface area (Å²) in [6.07, 6.45) is 3.16. The molecule has 1 aromatic carbocycles. The lowest BCUT2D eigenvalue weighted by Crippen LogP contribution is -2.36. The van der Waals surface area contributed by atoms with E-state index in [1.165, 1.54) is 24.2 Å². The third-order valence-corrected chi connectivity index (χ3v) is 3.52. The molecular weight excluding hydrogens is 318 g/mol. The first-order chi connectivity index (χ1) is 10.5. The number of hydrogen-bond acceptors (Lipinski definition) is 4. The van der Waals surface area contributed by atoms with E-state index in [2.05, 4.69) is 10.2 Å². The molecule has 1 aromatic rings. The van der Waals surface area contributed by atoms with Crippen LogP contribution in [-0.4, -0.2) is 55.5 Å². The zero-order valence-corrected chi connectivity index (χ0v) is 14.4. The van der Waals surface area contributed by atoms with Crippen molar-refractivity contribution in [2.45, 2.75) is 19.3 Å². The zero-order valence-electron chi connectivity index (χ0n) is 13.6. The molecule has 1 aliphatic heterocycles.